The SMILES string of the molecule is C/C=C(/CCCN1CCC(CC(CC(=O)O)c2cccc(F)c2)CC1)NC1=NCCCCC1. The van der Waals surface area contributed by atoms with Crippen LogP contribution >= 0.6 is 0 Å². The summed E-state index contributed by atoms with van der Waals surface area (Å²) in [5.41, 5.74) is 2.08. The molecule has 1 fully saturated rings. The van der Waals surface area contributed by atoms with E-state index in [1.165, 1.54) is 37.1 Å². The number of hydrogen-bond acceptors (Lipinski definition) is 4. The van der Waals surface area contributed by atoms with Gasteiger partial charge in [0.05, 0.1) is 6.42 Å². The second-order valence-electron chi connectivity index (χ2n) is 9.55. The predicted molar refractivity (Wildman–Crippen MR) is 132 cm³/mol. The fourth-order valence-electron chi connectivity index (χ4n) is 5.09. The van der Waals surface area contributed by atoms with Crippen molar-refractivity contribution in [2.24, 2.45) is 10.9 Å². The lowest BCUT2D eigenvalue weighted by atomic mass is 9.82. The Morgan fingerprint density at radius 2 is 2.12 bits per heavy atom. The van der Waals surface area contributed by atoms with Crippen LogP contribution < -0.4 is 5.32 Å². The summed E-state index contributed by atoms with van der Waals surface area (Å²) < 4.78 is 13.7. The largest absolute Gasteiger partial charge is 0.481 e. The van der Waals surface area contributed by atoms with Crippen LogP contribution in [0.1, 0.15) is 82.6 Å². The minimum atomic E-state index is -0.815. The zero-order chi connectivity index (χ0) is 23.5. The van der Waals surface area contributed by atoms with E-state index in [2.05, 4.69) is 28.2 Å². The third-order valence-electron chi connectivity index (χ3n) is 7.01. The van der Waals surface area contributed by atoms with Crippen LogP contribution in [0.15, 0.2) is 41.0 Å². The number of amidine groups is 1. The summed E-state index contributed by atoms with van der Waals surface area (Å²) in [6, 6.07) is 6.45. The first-order chi connectivity index (χ1) is 16.0. The molecule has 3 rings (SSSR count). The lowest BCUT2D eigenvalue weighted by Gasteiger charge is -2.33. The second-order valence-corrected chi connectivity index (χ2v) is 9.55. The maximum Gasteiger partial charge on any atom is 0.303 e. The number of carboxylic acid groups (broad SMARTS) is 1. The molecule has 1 saturated heterocycles. The van der Waals surface area contributed by atoms with Crippen molar-refractivity contribution in [2.45, 2.75) is 77.0 Å². The molecule has 0 saturated carbocycles. The molecule has 1 unspecified atom stereocenters. The van der Waals surface area contributed by atoms with Crippen LogP contribution in [0.3, 0.4) is 0 Å². The Balaban J connectivity index is 1.40. The zero-order valence-electron chi connectivity index (χ0n) is 20.1. The molecule has 2 heterocycles. The number of benzene rings is 1. The Morgan fingerprint density at radius 3 is 2.85 bits per heavy atom. The van der Waals surface area contributed by atoms with E-state index in [-0.39, 0.29) is 18.2 Å². The highest BCUT2D eigenvalue weighted by Gasteiger charge is 2.25. The van der Waals surface area contributed by atoms with E-state index >= 15 is 0 Å². The molecule has 33 heavy (non-hydrogen) atoms. The van der Waals surface area contributed by atoms with Gasteiger partial charge < -0.3 is 15.3 Å². The number of hydrogen-bond donors (Lipinski definition) is 2. The van der Waals surface area contributed by atoms with Crippen molar-refractivity contribution in [3.8, 4) is 0 Å². The van der Waals surface area contributed by atoms with Crippen molar-refractivity contribution in [3.63, 3.8) is 0 Å². The Morgan fingerprint density at radius 1 is 1.30 bits per heavy atom. The second kappa shape index (κ2) is 13.5. The van der Waals surface area contributed by atoms with Gasteiger partial charge in [-0.3, -0.25) is 9.79 Å². The Bertz CT molecular complexity index is 815. The molecule has 2 N–H and O–H groups in total. The molecule has 1 aromatic rings. The topological polar surface area (TPSA) is 64.9 Å². The van der Waals surface area contributed by atoms with Gasteiger partial charge in [-0.15, -0.1) is 0 Å². The van der Waals surface area contributed by atoms with E-state index in [1.807, 2.05) is 6.07 Å². The predicted octanol–water partition coefficient (Wildman–Crippen LogP) is 5.73. The molecule has 0 bridgehead atoms. The number of nitrogens with one attached hydrogen (secondary N) is 1. The van der Waals surface area contributed by atoms with E-state index in [0.29, 0.717) is 5.92 Å². The fraction of sp³-hybridized carbons (Fsp3) is 0.630. The average molecular weight is 458 g/mol. The van der Waals surface area contributed by atoms with Gasteiger partial charge in [-0.2, -0.15) is 0 Å². The molecule has 182 valence electrons. The van der Waals surface area contributed by atoms with Crippen LogP contribution in [-0.4, -0.2) is 48.0 Å². The molecule has 0 spiro atoms. The number of rotatable bonds is 10. The number of likely N-dealkylation sites (tertiary alicyclic amines) is 1. The van der Waals surface area contributed by atoms with E-state index < -0.39 is 5.97 Å². The van der Waals surface area contributed by atoms with Crippen molar-refractivity contribution in [1.82, 2.24) is 10.2 Å². The van der Waals surface area contributed by atoms with Crippen molar-refractivity contribution in [2.75, 3.05) is 26.2 Å². The fourth-order valence-corrected chi connectivity index (χ4v) is 5.09. The number of piperidine rings is 1. The van der Waals surface area contributed by atoms with E-state index in [1.54, 1.807) is 6.07 Å². The number of carbonyl (C=O) groups is 1. The number of carboxylic acids is 1. The maximum absolute atomic E-state index is 13.7. The molecule has 2 aliphatic rings. The van der Waals surface area contributed by atoms with Gasteiger partial charge in [0, 0.05) is 18.7 Å². The van der Waals surface area contributed by atoms with Crippen LogP contribution in [-0.2, 0) is 4.79 Å². The molecular formula is C27H40FN3O2. The van der Waals surface area contributed by atoms with Crippen molar-refractivity contribution < 1.29 is 14.3 Å². The van der Waals surface area contributed by atoms with Gasteiger partial charge in [-0.1, -0.05) is 24.6 Å². The third kappa shape index (κ3) is 8.92. The highest BCUT2D eigenvalue weighted by Crippen LogP contribution is 2.32. The summed E-state index contributed by atoms with van der Waals surface area (Å²) in [6.45, 7) is 6.23. The first kappa shape index (κ1) is 25.4. The highest BCUT2D eigenvalue weighted by atomic mass is 19.1. The molecule has 0 radical (unpaired) electrons. The molecule has 0 aliphatic carbocycles. The van der Waals surface area contributed by atoms with E-state index in [9.17, 15) is 14.3 Å². The molecule has 5 nitrogen and oxygen atoms in total. The van der Waals surface area contributed by atoms with Gasteiger partial charge >= 0.3 is 5.97 Å². The van der Waals surface area contributed by atoms with E-state index in [4.69, 9.17) is 0 Å². The van der Waals surface area contributed by atoms with Gasteiger partial charge in [0.15, 0.2) is 0 Å². The Labute approximate surface area is 198 Å². The number of halogens is 1. The van der Waals surface area contributed by atoms with Gasteiger partial charge in [0.1, 0.15) is 11.7 Å². The first-order valence-electron chi connectivity index (χ1n) is 12.7. The van der Waals surface area contributed by atoms with Crippen molar-refractivity contribution >= 4 is 11.8 Å². The van der Waals surface area contributed by atoms with Gasteiger partial charge in [0.25, 0.3) is 0 Å². The smallest absolute Gasteiger partial charge is 0.303 e. The molecule has 1 atom stereocenters. The lowest BCUT2D eigenvalue weighted by molar-refractivity contribution is -0.137. The first-order valence-corrected chi connectivity index (χ1v) is 12.7. The summed E-state index contributed by atoms with van der Waals surface area (Å²) in [5, 5.41) is 12.9. The highest BCUT2D eigenvalue weighted by molar-refractivity contribution is 5.83. The third-order valence-corrected chi connectivity index (χ3v) is 7.01. The minimum Gasteiger partial charge on any atom is -0.481 e. The molecule has 2 aliphatic heterocycles. The summed E-state index contributed by atoms with van der Waals surface area (Å²) in [6.07, 6.45) is 12.1. The lowest BCUT2D eigenvalue weighted by Crippen LogP contribution is -2.35. The zero-order valence-corrected chi connectivity index (χ0v) is 20.1. The number of aliphatic imine (C=N–C) groups is 1. The maximum atomic E-state index is 13.7. The van der Waals surface area contributed by atoms with Gasteiger partial charge in [0.2, 0.25) is 0 Å². The molecular weight excluding hydrogens is 417 g/mol. The van der Waals surface area contributed by atoms with Crippen LogP contribution in [0.5, 0.6) is 0 Å². The van der Waals surface area contributed by atoms with Crippen LogP contribution in [0.4, 0.5) is 4.39 Å². The van der Waals surface area contributed by atoms with Crippen LogP contribution in [0.25, 0.3) is 0 Å². The Hall–Kier alpha value is -2.21. The monoisotopic (exact) mass is 457 g/mol. The van der Waals surface area contributed by atoms with Crippen LogP contribution in [0.2, 0.25) is 0 Å². The normalized spacial score (nSPS) is 19.6. The average Bonchev–Trinajstić information content (AvgIpc) is 3.07. The molecule has 0 amide bonds. The van der Waals surface area contributed by atoms with Crippen LogP contribution in [0, 0.1) is 11.7 Å². The van der Waals surface area contributed by atoms with E-state index in [0.717, 1.165) is 76.1 Å². The quantitative estimate of drug-likeness (QED) is 0.471. The number of nitrogens with zero attached hydrogens (tertiary/aromatic N) is 2. The summed E-state index contributed by atoms with van der Waals surface area (Å²) in [7, 11) is 0. The summed E-state index contributed by atoms with van der Waals surface area (Å²) in [4.78, 5) is 18.6. The number of allylic oxidation sites excluding steroid dienone is 2. The van der Waals surface area contributed by atoms with Gasteiger partial charge in [-0.25, -0.2) is 4.39 Å². The standard InChI is InChI=1S/C27H40FN3O2/c1-2-25(30-26-11-4-3-5-14-29-26)10-7-15-31-16-12-21(13-17-31)18-23(20-27(32)33)22-8-6-9-24(28)19-22/h2,6,8-9,19,21,23H,3-5,7,10-18,20H2,1H3,(H,29,30)(H,32,33)/b25-2-. The number of aliphatic carboxylic acids is 1. The summed E-state index contributed by atoms with van der Waals surface area (Å²) >= 11 is 0. The van der Waals surface area contributed by atoms with Gasteiger partial charge in [-0.05, 0) is 101 Å². The molecule has 6 heteroatoms. The Kier molecular flexibility index (Phi) is 10.4. The molecule has 0 aromatic heterocycles. The molecule has 1 aromatic carbocycles. The minimum absolute atomic E-state index is 0.0636. The summed E-state index contributed by atoms with van der Waals surface area (Å²) in [5.74, 6) is 0.416. The van der Waals surface area contributed by atoms with Crippen molar-refractivity contribution in [3.05, 3.63) is 47.4 Å². The van der Waals surface area contributed by atoms with Crippen molar-refractivity contribution in [1.29, 1.82) is 0 Å².